The number of rotatable bonds is 6. The van der Waals surface area contributed by atoms with Gasteiger partial charge in [0.2, 0.25) is 17.4 Å². The number of methoxy groups -OCH3 is 4. The average Bonchev–Trinajstić information content (AvgIpc) is 3.17. The van der Waals surface area contributed by atoms with Crippen LogP contribution in [0.25, 0.3) is 0 Å². The van der Waals surface area contributed by atoms with Crippen LogP contribution in [0.3, 0.4) is 0 Å². The second kappa shape index (κ2) is 8.22. The largest absolute Gasteiger partial charge is 0.504 e. The third kappa shape index (κ3) is 3.29. The molecule has 0 aliphatic carbocycles. The van der Waals surface area contributed by atoms with Gasteiger partial charge in [0.1, 0.15) is 6.10 Å². The number of aromatic amines is 1. The summed E-state index contributed by atoms with van der Waals surface area (Å²) in [6.45, 7) is 0. The van der Waals surface area contributed by atoms with Crippen molar-refractivity contribution in [1.29, 1.82) is 0 Å². The van der Waals surface area contributed by atoms with Crippen molar-refractivity contribution in [2.45, 2.75) is 12.0 Å². The molecule has 4 rings (SSSR count). The van der Waals surface area contributed by atoms with E-state index in [9.17, 15) is 15.0 Å². The molecule has 2 unspecified atom stereocenters. The van der Waals surface area contributed by atoms with E-state index in [0.717, 1.165) is 0 Å². The van der Waals surface area contributed by atoms with Crippen molar-refractivity contribution in [2.24, 2.45) is 0 Å². The molecular formula is C22H22N2O8. The lowest BCUT2D eigenvalue weighted by Crippen LogP contribution is -2.12. The van der Waals surface area contributed by atoms with Gasteiger partial charge < -0.3 is 33.9 Å². The Labute approximate surface area is 182 Å². The Morgan fingerprint density at radius 3 is 2.16 bits per heavy atom. The maximum absolute atomic E-state index is 11.8. The Morgan fingerprint density at radius 2 is 1.56 bits per heavy atom. The number of phenolic OH excluding ortho intramolecular Hbond substituents is 2. The predicted molar refractivity (Wildman–Crippen MR) is 112 cm³/mol. The number of benzene rings is 2. The lowest BCUT2D eigenvalue weighted by atomic mass is 9.85. The molecule has 0 amide bonds. The van der Waals surface area contributed by atoms with Crippen molar-refractivity contribution < 1.29 is 33.9 Å². The average molecular weight is 442 g/mol. The third-order valence-electron chi connectivity index (χ3n) is 5.40. The molecule has 2 atom stereocenters. The molecule has 0 fully saturated rings. The first-order valence-electron chi connectivity index (χ1n) is 9.58. The first-order chi connectivity index (χ1) is 15.4. The summed E-state index contributed by atoms with van der Waals surface area (Å²) in [5, 5.41) is 21.0. The fraction of sp³-hybridized carbons (Fsp3) is 0.273. The van der Waals surface area contributed by atoms with Crippen LogP contribution in [0.4, 0.5) is 0 Å². The number of nitrogens with one attached hydrogen (secondary N) is 1. The van der Waals surface area contributed by atoms with E-state index in [1.165, 1.54) is 40.7 Å². The molecule has 1 aliphatic rings. The Hall–Kier alpha value is -4.08. The van der Waals surface area contributed by atoms with Gasteiger partial charge in [-0.15, -0.1) is 0 Å². The number of H-pyrrole nitrogens is 1. The van der Waals surface area contributed by atoms with Gasteiger partial charge in [0, 0.05) is 17.3 Å². The van der Waals surface area contributed by atoms with Gasteiger partial charge in [-0.1, -0.05) is 0 Å². The summed E-state index contributed by atoms with van der Waals surface area (Å²) >= 11 is 0. The fourth-order valence-electron chi connectivity index (χ4n) is 3.91. The second-order valence-corrected chi connectivity index (χ2v) is 7.00. The zero-order chi connectivity index (χ0) is 23.0. The lowest BCUT2D eigenvalue weighted by Gasteiger charge is -2.23. The maximum Gasteiger partial charge on any atom is 0.347 e. The number of hydrogen-bond acceptors (Lipinski definition) is 9. The molecule has 2 aromatic carbocycles. The van der Waals surface area contributed by atoms with E-state index in [1.54, 1.807) is 18.2 Å². The van der Waals surface area contributed by atoms with Gasteiger partial charge in [-0.3, -0.25) is 4.98 Å². The quantitative estimate of drug-likeness (QED) is 0.493. The Kier molecular flexibility index (Phi) is 5.43. The van der Waals surface area contributed by atoms with Crippen molar-refractivity contribution >= 4 is 0 Å². The molecule has 0 radical (unpaired) electrons. The molecule has 0 bridgehead atoms. The SMILES string of the molecule is COc1ccc(C2Oc3[nH]c(=O)ncc3C2c2cc(OC)c(OC)c(OC)c2)c(O)c1O. The highest BCUT2D eigenvalue weighted by molar-refractivity contribution is 5.60. The molecule has 0 saturated carbocycles. The molecule has 0 spiro atoms. The minimum absolute atomic E-state index is 0.112. The van der Waals surface area contributed by atoms with Gasteiger partial charge in [-0.05, 0) is 29.8 Å². The number of ether oxygens (including phenoxy) is 5. The summed E-state index contributed by atoms with van der Waals surface area (Å²) in [5.41, 5.74) is 0.985. The zero-order valence-corrected chi connectivity index (χ0v) is 17.8. The van der Waals surface area contributed by atoms with Crippen LogP contribution in [0.2, 0.25) is 0 Å². The van der Waals surface area contributed by atoms with Crippen molar-refractivity contribution in [3.05, 3.63) is 57.6 Å². The van der Waals surface area contributed by atoms with Crippen molar-refractivity contribution in [1.82, 2.24) is 9.97 Å². The smallest absolute Gasteiger partial charge is 0.347 e. The summed E-state index contributed by atoms with van der Waals surface area (Å²) in [6.07, 6.45) is 0.604. The Balaban J connectivity index is 1.93. The highest BCUT2D eigenvalue weighted by Gasteiger charge is 2.41. The Bertz CT molecular complexity index is 1200. The van der Waals surface area contributed by atoms with Crippen molar-refractivity contribution in [3.8, 4) is 40.4 Å². The van der Waals surface area contributed by atoms with Crippen LogP contribution in [0.5, 0.6) is 40.4 Å². The topological polar surface area (TPSA) is 132 Å². The number of fused-ring (bicyclic) bond motifs is 1. The highest BCUT2D eigenvalue weighted by atomic mass is 16.5. The van der Waals surface area contributed by atoms with E-state index < -0.39 is 29.2 Å². The molecule has 2 heterocycles. The molecule has 10 heteroatoms. The van der Waals surface area contributed by atoms with E-state index in [4.69, 9.17) is 23.7 Å². The van der Waals surface area contributed by atoms with Gasteiger partial charge >= 0.3 is 5.69 Å². The summed E-state index contributed by atoms with van der Waals surface area (Å²) in [4.78, 5) is 18.2. The van der Waals surface area contributed by atoms with Crippen LogP contribution in [0, 0.1) is 0 Å². The van der Waals surface area contributed by atoms with Crippen LogP contribution in [-0.2, 0) is 0 Å². The van der Waals surface area contributed by atoms with E-state index in [1.807, 2.05) is 0 Å². The van der Waals surface area contributed by atoms with E-state index in [-0.39, 0.29) is 11.6 Å². The fourth-order valence-corrected chi connectivity index (χ4v) is 3.91. The number of nitrogens with zero attached hydrogens (tertiary/aromatic N) is 1. The highest BCUT2D eigenvalue weighted by Crippen LogP contribution is 2.54. The molecule has 3 aromatic rings. The van der Waals surface area contributed by atoms with E-state index >= 15 is 0 Å². The number of aromatic hydroxyl groups is 2. The summed E-state index contributed by atoms with van der Waals surface area (Å²) in [5.74, 6) is 0.238. The summed E-state index contributed by atoms with van der Waals surface area (Å²) < 4.78 is 27.5. The van der Waals surface area contributed by atoms with Crippen LogP contribution in [0.15, 0.2) is 35.3 Å². The molecule has 1 aromatic heterocycles. The minimum Gasteiger partial charge on any atom is -0.504 e. The normalized spacial score (nSPS) is 16.8. The molecule has 10 nitrogen and oxygen atoms in total. The van der Waals surface area contributed by atoms with Gasteiger partial charge in [-0.2, -0.15) is 0 Å². The van der Waals surface area contributed by atoms with Crippen LogP contribution in [-0.4, -0.2) is 48.6 Å². The lowest BCUT2D eigenvalue weighted by molar-refractivity contribution is 0.208. The van der Waals surface area contributed by atoms with E-state index in [2.05, 4.69) is 9.97 Å². The minimum atomic E-state index is -0.815. The Morgan fingerprint density at radius 1 is 0.906 bits per heavy atom. The van der Waals surface area contributed by atoms with Gasteiger partial charge in [0.15, 0.2) is 23.0 Å². The summed E-state index contributed by atoms with van der Waals surface area (Å²) in [6, 6.07) is 6.61. The van der Waals surface area contributed by atoms with Gasteiger partial charge in [-0.25, -0.2) is 9.78 Å². The molecule has 0 saturated heterocycles. The number of hydrogen-bond donors (Lipinski definition) is 3. The van der Waals surface area contributed by atoms with E-state index in [0.29, 0.717) is 33.9 Å². The third-order valence-corrected chi connectivity index (χ3v) is 5.40. The number of phenols is 2. The molecule has 168 valence electrons. The van der Waals surface area contributed by atoms with Crippen molar-refractivity contribution in [2.75, 3.05) is 28.4 Å². The first kappa shape index (κ1) is 21.2. The molecule has 1 aliphatic heterocycles. The van der Waals surface area contributed by atoms with Gasteiger partial charge in [0.05, 0.1) is 34.4 Å². The first-order valence-corrected chi connectivity index (χ1v) is 9.58. The predicted octanol–water partition coefficient (Wildman–Crippen LogP) is 2.48. The standard InChI is InChI=1S/C22H22N2O8/c1-28-13-6-5-11(17(25)18(13)26)19-16(12-9-23-22(27)24-21(12)32-19)10-7-14(29-2)20(31-4)15(8-10)30-3/h5-9,16,19,25-26H,1-4H3,(H,23,24,27). The maximum atomic E-state index is 11.8. The van der Waals surface area contributed by atoms with Crippen LogP contribution >= 0.6 is 0 Å². The van der Waals surface area contributed by atoms with Crippen LogP contribution < -0.4 is 29.4 Å². The van der Waals surface area contributed by atoms with Crippen molar-refractivity contribution in [3.63, 3.8) is 0 Å². The molecule has 3 N–H and O–H groups in total. The molecule has 32 heavy (non-hydrogen) atoms. The second-order valence-electron chi connectivity index (χ2n) is 7.00. The zero-order valence-electron chi connectivity index (χ0n) is 17.8. The monoisotopic (exact) mass is 442 g/mol. The summed E-state index contributed by atoms with van der Waals surface area (Å²) in [7, 11) is 5.89. The van der Waals surface area contributed by atoms with Crippen LogP contribution in [0.1, 0.15) is 28.7 Å². The van der Waals surface area contributed by atoms with Gasteiger partial charge in [0.25, 0.3) is 0 Å². The molecular weight excluding hydrogens is 420 g/mol. The number of aromatic nitrogens is 2.